The van der Waals surface area contributed by atoms with Gasteiger partial charge in [0.05, 0.1) is 27.3 Å². The van der Waals surface area contributed by atoms with E-state index in [1.807, 2.05) is 0 Å². The Hall–Kier alpha value is -2.71. The second-order valence-electron chi connectivity index (χ2n) is 7.20. The molecule has 0 saturated carbocycles. The van der Waals surface area contributed by atoms with Crippen molar-refractivity contribution in [2.24, 2.45) is 5.92 Å². The third-order valence-electron chi connectivity index (χ3n) is 4.87. The Morgan fingerprint density at radius 2 is 1.68 bits per heavy atom. The molecule has 1 aliphatic heterocycles. The summed E-state index contributed by atoms with van der Waals surface area (Å²) in [5.41, 5.74) is -0.160. The molecule has 0 radical (unpaired) electrons. The van der Waals surface area contributed by atoms with Crippen LogP contribution >= 0.6 is 23.2 Å². The average Bonchev–Trinajstić information content (AvgIpc) is 2.72. The summed E-state index contributed by atoms with van der Waals surface area (Å²) in [6.45, 7) is 1.77. The molecule has 0 aromatic heterocycles. The second-order valence-corrected chi connectivity index (χ2v) is 8.02. The Kier molecular flexibility index (Phi) is 7.12. The topological polar surface area (TPSA) is 78.5 Å². The van der Waals surface area contributed by atoms with Gasteiger partial charge in [0, 0.05) is 31.6 Å². The standard InChI is InChI=1S/C21H19Cl2F2N3O3/c1-11(29)26-18-9-19(17(25)8-16(18)24)27-20(30)13-3-2-6-28(10-13)21(31)12-4-5-14(22)15(23)7-12/h4-5,7-9,13H,2-3,6,10H2,1H3,(H,26,29)(H,27,30). The number of amides is 3. The summed E-state index contributed by atoms with van der Waals surface area (Å²) >= 11 is 11.9. The van der Waals surface area contributed by atoms with Crippen molar-refractivity contribution in [3.8, 4) is 0 Å². The lowest BCUT2D eigenvalue weighted by atomic mass is 9.96. The fraction of sp³-hybridized carbons (Fsp3) is 0.286. The van der Waals surface area contributed by atoms with E-state index >= 15 is 0 Å². The number of anilines is 2. The van der Waals surface area contributed by atoms with Crippen molar-refractivity contribution in [2.75, 3.05) is 23.7 Å². The van der Waals surface area contributed by atoms with Crippen molar-refractivity contribution in [1.82, 2.24) is 4.90 Å². The Labute approximate surface area is 187 Å². The van der Waals surface area contributed by atoms with E-state index in [9.17, 15) is 23.2 Å². The average molecular weight is 470 g/mol. The molecule has 2 aromatic rings. The molecular weight excluding hydrogens is 451 g/mol. The highest BCUT2D eigenvalue weighted by molar-refractivity contribution is 6.42. The van der Waals surface area contributed by atoms with Crippen LogP contribution in [0.4, 0.5) is 20.2 Å². The quantitative estimate of drug-likeness (QED) is 0.679. The van der Waals surface area contributed by atoms with Gasteiger partial charge in [-0.25, -0.2) is 8.78 Å². The molecule has 2 aromatic carbocycles. The maximum Gasteiger partial charge on any atom is 0.253 e. The van der Waals surface area contributed by atoms with Crippen molar-refractivity contribution >= 4 is 52.3 Å². The minimum Gasteiger partial charge on any atom is -0.338 e. The molecule has 0 spiro atoms. The lowest BCUT2D eigenvalue weighted by molar-refractivity contribution is -0.121. The van der Waals surface area contributed by atoms with Gasteiger partial charge in [-0.05, 0) is 37.1 Å². The Morgan fingerprint density at radius 3 is 2.32 bits per heavy atom. The van der Waals surface area contributed by atoms with Gasteiger partial charge in [0.2, 0.25) is 11.8 Å². The lowest BCUT2D eigenvalue weighted by Crippen LogP contribution is -2.43. The fourth-order valence-corrected chi connectivity index (χ4v) is 3.65. The number of nitrogens with zero attached hydrogens (tertiary/aromatic N) is 1. The van der Waals surface area contributed by atoms with E-state index in [0.29, 0.717) is 36.0 Å². The molecule has 1 fully saturated rings. The second kappa shape index (κ2) is 9.62. The van der Waals surface area contributed by atoms with Gasteiger partial charge in [0.15, 0.2) is 0 Å². The van der Waals surface area contributed by atoms with Gasteiger partial charge < -0.3 is 15.5 Å². The molecule has 3 amide bonds. The summed E-state index contributed by atoms with van der Waals surface area (Å²) in [7, 11) is 0. The zero-order chi connectivity index (χ0) is 22.7. The summed E-state index contributed by atoms with van der Waals surface area (Å²) in [6.07, 6.45) is 1.08. The summed E-state index contributed by atoms with van der Waals surface area (Å²) in [4.78, 5) is 38.2. The number of rotatable bonds is 4. The van der Waals surface area contributed by atoms with E-state index in [0.717, 1.165) is 6.07 Å². The molecule has 1 unspecified atom stereocenters. The Morgan fingerprint density at radius 1 is 1.00 bits per heavy atom. The van der Waals surface area contributed by atoms with Crippen molar-refractivity contribution in [1.29, 1.82) is 0 Å². The number of benzene rings is 2. The molecular formula is C21H19Cl2F2N3O3. The van der Waals surface area contributed by atoms with E-state index in [1.54, 1.807) is 6.07 Å². The smallest absolute Gasteiger partial charge is 0.253 e. The fourth-order valence-electron chi connectivity index (χ4n) is 3.35. The highest BCUT2D eigenvalue weighted by atomic mass is 35.5. The number of likely N-dealkylation sites (tertiary alicyclic amines) is 1. The molecule has 1 aliphatic rings. The zero-order valence-electron chi connectivity index (χ0n) is 16.5. The molecule has 31 heavy (non-hydrogen) atoms. The van der Waals surface area contributed by atoms with Crippen molar-refractivity contribution in [3.63, 3.8) is 0 Å². The summed E-state index contributed by atoms with van der Waals surface area (Å²) in [5.74, 6) is -3.86. The Bertz CT molecular complexity index is 1050. The van der Waals surface area contributed by atoms with Crippen molar-refractivity contribution in [2.45, 2.75) is 19.8 Å². The van der Waals surface area contributed by atoms with Crippen LogP contribution in [0.15, 0.2) is 30.3 Å². The normalized spacial score (nSPS) is 16.0. The lowest BCUT2D eigenvalue weighted by Gasteiger charge is -2.32. The molecule has 10 heteroatoms. The summed E-state index contributed by atoms with van der Waals surface area (Å²) < 4.78 is 27.9. The monoisotopic (exact) mass is 469 g/mol. The summed E-state index contributed by atoms with van der Waals surface area (Å²) in [6, 6.07) is 6.15. The van der Waals surface area contributed by atoms with Crippen LogP contribution in [0.1, 0.15) is 30.1 Å². The van der Waals surface area contributed by atoms with Crippen LogP contribution in [0.2, 0.25) is 10.0 Å². The third kappa shape index (κ3) is 5.51. The van der Waals surface area contributed by atoms with Crippen molar-refractivity contribution in [3.05, 3.63) is 57.6 Å². The highest BCUT2D eigenvalue weighted by Crippen LogP contribution is 2.27. The van der Waals surface area contributed by atoms with Crippen LogP contribution < -0.4 is 10.6 Å². The molecule has 1 saturated heterocycles. The minimum absolute atomic E-state index is 0.131. The maximum absolute atomic E-state index is 14.1. The van der Waals surface area contributed by atoms with Crippen LogP contribution in [0.5, 0.6) is 0 Å². The summed E-state index contributed by atoms with van der Waals surface area (Å²) in [5, 5.41) is 5.24. The number of carbonyl (C=O) groups is 3. The highest BCUT2D eigenvalue weighted by Gasteiger charge is 2.30. The predicted molar refractivity (Wildman–Crippen MR) is 114 cm³/mol. The van der Waals surface area contributed by atoms with Gasteiger partial charge in [0.1, 0.15) is 11.6 Å². The van der Waals surface area contributed by atoms with Gasteiger partial charge in [-0.2, -0.15) is 0 Å². The zero-order valence-corrected chi connectivity index (χ0v) is 18.0. The number of nitrogens with one attached hydrogen (secondary N) is 2. The first-order valence-corrected chi connectivity index (χ1v) is 10.2. The van der Waals surface area contributed by atoms with Gasteiger partial charge in [-0.3, -0.25) is 14.4 Å². The molecule has 164 valence electrons. The van der Waals surface area contributed by atoms with E-state index in [4.69, 9.17) is 23.2 Å². The minimum atomic E-state index is -0.973. The first kappa shape index (κ1) is 23.0. The molecule has 1 heterocycles. The number of carbonyl (C=O) groups excluding carboxylic acids is 3. The number of halogens is 4. The Balaban J connectivity index is 1.72. The van der Waals surface area contributed by atoms with Crippen LogP contribution in [0, 0.1) is 17.6 Å². The molecule has 0 aliphatic carbocycles. The molecule has 1 atom stereocenters. The molecule has 2 N–H and O–H groups in total. The number of hydrogen-bond donors (Lipinski definition) is 2. The van der Waals surface area contributed by atoms with E-state index in [1.165, 1.54) is 24.0 Å². The molecule has 6 nitrogen and oxygen atoms in total. The predicted octanol–water partition coefficient (Wildman–Crippen LogP) is 4.72. The van der Waals surface area contributed by atoms with Gasteiger partial charge in [0.25, 0.3) is 5.91 Å². The van der Waals surface area contributed by atoms with Gasteiger partial charge >= 0.3 is 0 Å². The van der Waals surface area contributed by atoms with E-state index in [-0.39, 0.29) is 28.8 Å². The van der Waals surface area contributed by atoms with Crippen LogP contribution in [-0.4, -0.2) is 35.7 Å². The molecule has 0 bridgehead atoms. The SMILES string of the molecule is CC(=O)Nc1cc(NC(=O)C2CCCN(C(=O)c3ccc(Cl)c(Cl)c3)C2)c(F)cc1F. The first-order chi connectivity index (χ1) is 14.7. The van der Waals surface area contributed by atoms with Crippen LogP contribution in [-0.2, 0) is 9.59 Å². The van der Waals surface area contributed by atoms with E-state index in [2.05, 4.69) is 10.6 Å². The van der Waals surface area contributed by atoms with Gasteiger partial charge in [-0.1, -0.05) is 23.2 Å². The van der Waals surface area contributed by atoms with Crippen molar-refractivity contribution < 1.29 is 23.2 Å². The largest absolute Gasteiger partial charge is 0.338 e. The van der Waals surface area contributed by atoms with E-state index < -0.39 is 29.4 Å². The third-order valence-corrected chi connectivity index (χ3v) is 5.61. The number of piperidine rings is 1. The van der Waals surface area contributed by atoms with Crippen LogP contribution in [0.3, 0.4) is 0 Å². The number of hydrogen-bond acceptors (Lipinski definition) is 3. The first-order valence-electron chi connectivity index (χ1n) is 9.47. The molecule has 3 rings (SSSR count). The van der Waals surface area contributed by atoms with Crippen LogP contribution in [0.25, 0.3) is 0 Å². The maximum atomic E-state index is 14.1. The van der Waals surface area contributed by atoms with Gasteiger partial charge in [-0.15, -0.1) is 0 Å².